The van der Waals surface area contributed by atoms with Gasteiger partial charge < -0.3 is 10.3 Å². The molecule has 0 amide bonds. The quantitative estimate of drug-likeness (QED) is 0.800. The van der Waals surface area contributed by atoms with Crippen LogP contribution >= 0.6 is 0 Å². The molecule has 78 valence electrons. The molecule has 0 bridgehead atoms. The Morgan fingerprint density at radius 2 is 2.20 bits per heavy atom. The summed E-state index contributed by atoms with van der Waals surface area (Å²) < 4.78 is 15.3. The van der Waals surface area contributed by atoms with Crippen LogP contribution in [0.4, 0.5) is 4.39 Å². The average molecular weight is 204 g/mol. The third-order valence-corrected chi connectivity index (χ3v) is 3.04. The van der Waals surface area contributed by atoms with Crippen LogP contribution in [0.3, 0.4) is 0 Å². The van der Waals surface area contributed by atoms with Gasteiger partial charge in [-0.25, -0.2) is 4.39 Å². The lowest BCUT2D eigenvalue weighted by atomic mass is 10.2. The van der Waals surface area contributed by atoms with E-state index in [0.29, 0.717) is 12.6 Å². The number of fused-ring (bicyclic) bond motifs is 1. The SMILES string of the molecule is NCc1cn(C2CC2)c2cc(F)ccc12. The fraction of sp³-hybridized carbons (Fsp3) is 0.333. The smallest absolute Gasteiger partial charge is 0.125 e. The molecule has 0 atom stereocenters. The largest absolute Gasteiger partial charge is 0.344 e. The highest BCUT2D eigenvalue weighted by Crippen LogP contribution is 2.39. The Morgan fingerprint density at radius 3 is 2.87 bits per heavy atom. The van der Waals surface area contributed by atoms with Crippen molar-refractivity contribution in [3.8, 4) is 0 Å². The van der Waals surface area contributed by atoms with Gasteiger partial charge >= 0.3 is 0 Å². The number of nitrogens with two attached hydrogens (primary N) is 1. The molecule has 1 saturated carbocycles. The van der Waals surface area contributed by atoms with Gasteiger partial charge in [-0.3, -0.25) is 0 Å². The maximum Gasteiger partial charge on any atom is 0.125 e. The van der Waals surface area contributed by atoms with E-state index < -0.39 is 0 Å². The predicted octanol–water partition coefficient (Wildman–Crippen LogP) is 2.57. The molecule has 0 saturated heterocycles. The van der Waals surface area contributed by atoms with Crippen molar-refractivity contribution >= 4 is 10.9 Å². The molecule has 1 aliphatic carbocycles. The van der Waals surface area contributed by atoms with E-state index in [0.717, 1.165) is 16.5 Å². The summed E-state index contributed by atoms with van der Waals surface area (Å²) in [6.45, 7) is 0.516. The van der Waals surface area contributed by atoms with Crippen molar-refractivity contribution in [1.29, 1.82) is 0 Å². The molecule has 0 aliphatic heterocycles. The monoisotopic (exact) mass is 204 g/mol. The Balaban J connectivity index is 2.29. The summed E-state index contributed by atoms with van der Waals surface area (Å²) in [6, 6.07) is 5.49. The highest BCUT2D eigenvalue weighted by atomic mass is 19.1. The van der Waals surface area contributed by atoms with Gasteiger partial charge in [-0.1, -0.05) is 0 Å². The Labute approximate surface area is 87.5 Å². The van der Waals surface area contributed by atoms with Crippen molar-refractivity contribution < 1.29 is 4.39 Å². The minimum absolute atomic E-state index is 0.175. The summed E-state index contributed by atoms with van der Waals surface area (Å²) in [6.07, 6.45) is 4.47. The fourth-order valence-corrected chi connectivity index (χ4v) is 2.11. The van der Waals surface area contributed by atoms with Crippen LogP contribution in [0.5, 0.6) is 0 Å². The molecular weight excluding hydrogens is 191 g/mol. The number of aromatic nitrogens is 1. The van der Waals surface area contributed by atoms with E-state index >= 15 is 0 Å². The minimum Gasteiger partial charge on any atom is -0.344 e. The van der Waals surface area contributed by atoms with Gasteiger partial charge in [0.05, 0.1) is 5.52 Å². The van der Waals surface area contributed by atoms with E-state index in [1.54, 1.807) is 6.07 Å². The number of hydrogen-bond donors (Lipinski definition) is 1. The molecule has 2 nitrogen and oxygen atoms in total. The molecule has 2 N–H and O–H groups in total. The number of nitrogens with zero attached hydrogens (tertiary/aromatic N) is 1. The zero-order chi connectivity index (χ0) is 10.4. The number of benzene rings is 1. The fourth-order valence-electron chi connectivity index (χ4n) is 2.11. The Hall–Kier alpha value is -1.35. The Bertz CT molecular complexity index is 512. The van der Waals surface area contributed by atoms with Crippen molar-refractivity contribution in [1.82, 2.24) is 4.57 Å². The summed E-state index contributed by atoms with van der Waals surface area (Å²) in [7, 11) is 0. The van der Waals surface area contributed by atoms with Gasteiger partial charge in [-0.15, -0.1) is 0 Å². The van der Waals surface area contributed by atoms with Crippen LogP contribution in [0.1, 0.15) is 24.4 Å². The average Bonchev–Trinajstić information content (AvgIpc) is 3.00. The molecule has 15 heavy (non-hydrogen) atoms. The lowest BCUT2D eigenvalue weighted by Gasteiger charge is -2.01. The maximum atomic E-state index is 13.2. The summed E-state index contributed by atoms with van der Waals surface area (Å²) in [5, 5.41) is 1.09. The first-order valence-corrected chi connectivity index (χ1v) is 5.28. The standard InChI is InChI=1S/C12H13FN2/c13-9-1-4-11-8(6-14)7-15(10-2-3-10)12(11)5-9/h1,4-5,7,10H,2-3,6,14H2. The molecule has 0 spiro atoms. The predicted molar refractivity (Wildman–Crippen MR) is 58.1 cm³/mol. The van der Waals surface area contributed by atoms with Crippen LogP contribution in [0.15, 0.2) is 24.4 Å². The normalized spacial score (nSPS) is 16.1. The maximum absolute atomic E-state index is 13.2. The van der Waals surface area contributed by atoms with Gasteiger partial charge in [0, 0.05) is 24.2 Å². The van der Waals surface area contributed by atoms with Crippen molar-refractivity contribution in [2.45, 2.75) is 25.4 Å². The van der Waals surface area contributed by atoms with E-state index in [4.69, 9.17) is 5.73 Å². The Kier molecular flexibility index (Phi) is 1.83. The lowest BCUT2D eigenvalue weighted by molar-refractivity contribution is 0.628. The zero-order valence-corrected chi connectivity index (χ0v) is 8.41. The first-order chi connectivity index (χ1) is 7.29. The van der Waals surface area contributed by atoms with Crippen LogP contribution in [0, 0.1) is 5.82 Å². The molecule has 0 unspecified atom stereocenters. The summed E-state index contributed by atoms with van der Waals surface area (Å²) in [5.74, 6) is -0.175. The number of rotatable bonds is 2. The third kappa shape index (κ3) is 1.35. The van der Waals surface area contributed by atoms with Gasteiger partial charge in [0.2, 0.25) is 0 Å². The molecule has 1 fully saturated rings. The molecule has 1 aliphatic rings. The highest BCUT2D eigenvalue weighted by molar-refractivity contribution is 5.84. The first-order valence-electron chi connectivity index (χ1n) is 5.28. The second kappa shape index (κ2) is 3.07. The molecule has 3 rings (SSSR count). The second-order valence-electron chi connectivity index (χ2n) is 4.16. The number of hydrogen-bond acceptors (Lipinski definition) is 1. The highest BCUT2D eigenvalue weighted by Gasteiger charge is 2.25. The molecular formula is C12H13FN2. The molecule has 1 heterocycles. The van der Waals surface area contributed by atoms with Crippen molar-refractivity contribution in [2.75, 3.05) is 0 Å². The van der Waals surface area contributed by atoms with E-state index in [9.17, 15) is 4.39 Å². The van der Waals surface area contributed by atoms with Crippen LogP contribution < -0.4 is 5.73 Å². The van der Waals surface area contributed by atoms with E-state index in [-0.39, 0.29) is 5.82 Å². The van der Waals surface area contributed by atoms with Gasteiger partial charge in [0.15, 0.2) is 0 Å². The first kappa shape index (κ1) is 8.92. The van der Waals surface area contributed by atoms with E-state index in [1.165, 1.54) is 18.9 Å². The molecule has 1 aromatic carbocycles. The Morgan fingerprint density at radius 1 is 1.40 bits per heavy atom. The molecule has 2 aromatic rings. The van der Waals surface area contributed by atoms with E-state index in [1.807, 2.05) is 6.07 Å². The molecule has 1 aromatic heterocycles. The zero-order valence-electron chi connectivity index (χ0n) is 8.41. The number of halogens is 1. The van der Waals surface area contributed by atoms with Gasteiger partial charge in [0.1, 0.15) is 5.82 Å². The van der Waals surface area contributed by atoms with Crippen molar-refractivity contribution in [3.05, 3.63) is 35.8 Å². The molecule has 0 radical (unpaired) electrons. The van der Waals surface area contributed by atoms with Gasteiger partial charge in [-0.05, 0) is 36.6 Å². The lowest BCUT2D eigenvalue weighted by Crippen LogP contribution is -1.94. The second-order valence-corrected chi connectivity index (χ2v) is 4.16. The van der Waals surface area contributed by atoms with Gasteiger partial charge in [0.25, 0.3) is 0 Å². The summed E-state index contributed by atoms with van der Waals surface area (Å²) in [4.78, 5) is 0. The van der Waals surface area contributed by atoms with Gasteiger partial charge in [-0.2, -0.15) is 0 Å². The van der Waals surface area contributed by atoms with Crippen LogP contribution in [-0.4, -0.2) is 4.57 Å². The van der Waals surface area contributed by atoms with E-state index in [2.05, 4.69) is 10.8 Å². The van der Waals surface area contributed by atoms with Crippen molar-refractivity contribution in [3.63, 3.8) is 0 Å². The minimum atomic E-state index is -0.175. The summed E-state index contributed by atoms with van der Waals surface area (Å²) in [5.41, 5.74) is 7.77. The third-order valence-electron chi connectivity index (χ3n) is 3.04. The van der Waals surface area contributed by atoms with Crippen LogP contribution in [-0.2, 0) is 6.54 Å². The molecule has 3 heteroatoms. The van der Waals surface area contributed by atoms with Crippen molar-refractivity contribution in [2.24, 2.45) is 5.73 Å². The topological polar surface area (TPSA) is 30.9 Å². The summed E-state index contributed by atoms with van der Waals surface area (Å²) >= 11 is 0. The van der Waals surface area contributed by atoms with Crippen LogP contribution in [0.25, 0.3) is 10.9 Å². The van der Waals surface area contributed by atoms with Crippen LogP contribution in [0.2, 0.25) is 0 Å².